The zero-order valence-corrected chi connectivity index (χ0v) is 36.4. The number of fused-ring (bicyclic) bond motifs is 9. The Kier molecular flexibility index (Phi) is 8.54. The predicted molar refractivity (Wildman–Crippen MR) is 269 cm³/mol. The van der Waals surface area contributed by atoms with Crippen molar-refractivity contribution >= 4 is 28.8 Å². The van der Waals surface area contributed by atoms with Gasteiger partial charge in [0.1, 0.15) is 0 Å². The Morgan fingerprint density at radius 2 is 0.391 bits per heavy atom. The minimum atomic E-state index is -2.92. The van der Waals surface area contributed by atoms with Gasteiger partial charge in [-0.1, -0.05) is 249 Å². The molecule has 0 aliphatic heterocycles. The van der Waals surface area contributed by atoms with E-state index in [1.54, 1.807) is 0 Å². The molecule has 0 saturated carbocycles. The minimum Gasteiger partial charge on any atom is -0.0623 e. The molecule has 13 rings (SSSR count). The SMILES string of the molecule is c1ccc([Si](c2ccc(C3c4ccccc4-c4ccccc43)cc2)(c2ccc(C3c4ccccc4-c4ccccc43)cc2)c2ccc(C3c4ccccc4-c4ccccc43)cc2)cc1. The molecule has 300 valence electrons. The lowest BCUT2D eigenvalue weighted by Gasteiger charge is -2.35. The summed E-state index contributed by atoms with van der Waals surface area (Å²) in [4.78, 5) is 0. The summed E-state index contributed by atoms with van der Waals surface area (Å²) in [6, 6.07) is 94.7. The number of hydrogen-bond acceptors (Lipinski definition) is 0. The highest BCUT2D eigenvalue weighted by Crippen LogP contribution is 2.50. The Bertz CT molecular complexity index is 2910. The molecule has 0 bridgehead atoms. The van der Waals surface area contributed by atoms with E-state index >= 15 is 0 Å². The molecule has 3 aliphatic rings. The maximum atomic E-state index is 2.48. The van der Waals surface area contributed by atoms with Crippen molar-refractivity contribution in [2.45, 2.75) is 17.8 Å². The normalized spacial score (nSPS) is 13.8. The second-order valence-corrected chi connectivity index (χ2v) is 21.6. The van der Waals surface area contributed by atoms with Crippen molar-refractivity contribution in [3.63, 3.8) is 0 Å². The minimum absolute atomic E-state index is 0.196. The molecule has 3 aliphatic carbocycles. The van der Waals surface area contributed by atoms with E-state index in [1.807, 2.05) is 0 Å². The van der Waals surface area contributed by atoms with E-state index in [4.69, 9.17) is 0 Å². The van der Waals surface area contributed by atoms with Gasteiger partial charge in [-0.2, -0.15) is 0 Å². The van der Waals surface area contributed by atoms with Crippen LogP contribution in [0.1, 0.15) is 67.8 Å². The van der Waals surface area contributed by atoms with E-state index in [0.717, 1.165) is 0 Å². The fraction of sp³-hybridized carbons (Fsp3) is 0.0476. The Balaban J connectivity index is 0.992. The largest absolute Gasteiger partial charge is 0.179 e. The van der Waals surface area contributed by atoms with Crippen LogP contribution in [0.4, 0.5) is 0 Å². The molecule has 0 spiro atoms. The van der Waals surface area contributed by atoms with Gasteiger partial charge in [-0.15, -0.1) is 0 Å². The van der Waals surface area contributed by atoms with Crippen molar-refractivity contribution in [1.29, 1.82) is 0 Å². The summed E-state index contributed by atoms with van der Waals surface area (Å²) >= 11 is 0. The first-order chi connectivity index (χ1) is 31.8. The molecule has 0 unspecified atom stereocenters. The van der Waals surface area contributed by atoms with Gasteiger partial charge in [-0.25, -0.2) is 0 Å². The van der Waals surface area contributed by atoms with Gasteiger partial charge in [0.05, 0.1) is 0 Å². The van der Waals surface area contributed by atoms with Crippen LogP contribution in [0.2, 0.25) is 0 Å². The highest BCUT2D eigenvalue weighted by Gasteiger charge is 2.43. The summed E-state index contributed by atoms with van der Waals surface area (Å²) in [7, 11) is -2.92. The zero-order valence-electron chi connectivity index (χ0n) is 35.4. The maximum absolute atomic E-state index is 2.92. The van der Waals surface area contributed by atoms with Crippen molar-refractivity contribution in [2.24, 2.45) is 0 Å². The average Bonchev–Trinajstić information content (AvgIpc) is 4.01. The summed E-state index contributed by atoms with van der Waals surface area (Å²) in [6.07, 6.45) is 0. The molecule has 0 amide bonds. The monoisotopic (exact) mass is 828 g/mol. The van der Waals surface area contributed by atoms with Gasteiger partial charge in [0.2, 0.25) is 0 Å². The summed E-state index contributed by atoms with van der Waals surface area (Å²) in [5.41, 5.74) is 20.4. The van der Waals surface area contributed by atoms with Crippen LogP contribution in [0.25, 0.3) is 33.4 Å². The molecule has 0 saturated heterocycles. The van der Waals surface area contributed by atoms with Gasteiger partial charge >= 0.3 is 0 Å². The molecule has 10 aromatic carbocycles. The van der Waals surface area contributed by atoms with Crippen LogP contribution in [0.5, 0.6) is 0 Å². The topological polar surface area (TPSA) is 0 Å². The van der Waals surface area contributed by atoms with Crippen LogP contribution < -0.4 is 20.7 Å². The number of benzene rings is 10. The molecule has 0 heterocycles. The van der Waals surface area contributed by atoms with Crippen molar-refractivity contribution in [1.82, 2.24) is 0 Å². The molecular weight excluding hydrogens is 785 g/mol. The smallest absolute Gasteiger partial charge is 0.0623 e. The third kappa shape index (κ3) is 5.47. The highest BCUT2D eigenvalue weighted by molar-refractivity contribution is 7.19. The van der Waals surface area contributed by atoms with Crippen molar-refractivity contribution in [3.05, 3.63) is 299 Å². The second-order valence-electron chi connectivity index (χ2n) is 17.8. The van der Waals surface area contributed by atoms with Crippen molar-refractivity contribution in [3.8, 4) is 33.4 Å². The lowest BCUT2D eigenvalue weighted by Crippen LogP contribution is -2.74. The van der Waals surface area contributed by atoms with E-state index < -0.39 is 8.07 Å². The van der Waals surface area contributed by atoms with Crippen molar-refractivity contribution in [2.75, 3.05) is 0 Å². The highest BCUT2D eigenvalue weighted by atomic mass is 28.3. The summed E-state index contributed by atoms with van der Waals surface area (Å²) in [6.45, 7) is 0. The molecule has 0 radical (unpaired) electrons. The summed E-state index contributed by atoms with van der Waals surface area (Å²) in [5, 5.41) is 5.54. The lowest BCUT2D eigenvalue weighted by molar-refractivity contribution is 1.02. The van der Waals surface area contributed by atoms with E-state index in [-0.39, 0.29) is 17.8 Å². The predicted octanol–water partition coefficient (Wildman–Crippen LogP) is 12.5. The molecular formula is C63H44Si. The van der Waals surface area contributed by atoms with Gasteiger partial charge in [-0.3, -0.25) is 0 Å². The lowest BCUT2D eigenvalue weighted by atomic mass is 9.89. The molecule has 0 fully saturated rings. The van der Waals surface area contributed by atoms with Gasteiger partial charge in [0, 0.05) is 17.8 Å². The molecule has 10 aromatic rings. The van der Waals surface area contributed by atoms with Gasteiger partial charge in [0.15, 0.2) is 8.07 Å². The van der Waals surface area contributed by atoms with Crippen LogP contribution in [0.3, 0.4) is 0 Å². The van der Waals surface area contributed by atoms with Crippen LogP contribution in [-0.2, 0) is 0 Å². The van der Waals surface area contributed by atoms with Crippen LogP contribution in [0, 0.1) is 0 Å². The fourth-order valence-corrected chi connectivity index (χ4v) is 16.7. The first-order valence-corrected chi connectivity index (χ1v) is 24.7. The zero-order chi connectivity index (χ0) is 42.2. The van der Waals surface area contributed by atoms with Gasteiger partial charge in [0.25, 0.3) is 0 Å². The van der Waals surface area contributed by atoms with Gasteiger partial charge < -0.3 is 0 Å². The van der Waals surface area contributed by atoms with E-state index in [1.165, 1.54) is 104 Å². The van der Waals surface area contributed by atoms with E-state index in [9.17, 15) is 0 Å². The molecule has 0 N–H and O–H groups in total. The van der Waals surface area contributed by atoms with Crippen LogP contribution >= 0.6 is 0 Å². The second kappa shape index (κ2) is 14.8. The molecule has 0 nitrogen and oxygen atoms in total. The Morgan fingerprint density at radius 3 is 0.641 bits per heavy atom. The first-order valence-electron chi connectivity index (χ1n) is 22.7. The number of rotatable bonds is 7. The first kappa shape index (κ1) is 37.0. The standard InChI is InChI=1S/C63H44Si/c1-2-16-45(17-3-1)64(46-36-30-42(31-37-46)61-55-24-10-4-18-49(55)50-19-5-11-25-56(50)61,47-38-32-43(33-39-47)62-57-26-12-6-20-51(57)52-21-7-13-27-58(52)62)48-40-34-44(35-41-48)63-59-28-14-8-22-53(59)54-23-9-15-29-60(54)63/h1-41,61-63H. The Hall–Kier alpha value is -7.58. The third-order valence-electron chi connectivity index (χ3n) is 14.7. The van der Waals surface area contributed by atoms with Gasteiger partial charge in [-0.05, 0) is 104 Å². The average molecular weight is 829 g/mol. The summed E-state index contributed by atoms with van der Waals surface area (Å²) in [5.74, 6) is 0.589. The van der Waals surface area contributed by atoms with E-state index in [2.05, 4.69) is 249 Å². The van der Waals surface area contributed by atoms with Crippen LogP contribution in [-0.4, -0.2) is 8.07 Å². The third-order valence-corrected chi connectivity index (χ3v) is 19.5. The summed E-state index contributed by atoms with van der Waals surface area (Å²) < 4.78 is 0. The van der Waals surface area contributed by atoms with Crippen LogP contribution in [0.15, 0.2) is 249 Å². The maximum Gasteiger partial charge on any atom is 0.179 e. The molecule has 0 atom stereocenters. The molecule has 1 heteroatoms. The molecule has 0 aromatic heterocycles. The molecule has 64 heavy (non-hydrogen) atoms. The van der Waals surface area contributed by atoms with E-state index in [0.29, 0.717) is 0 Å². The van der Waals surface area contributed by atoms with Crippen molar-refractivity contribution < 1.29 is 0 Å². The number of hydrogen-bond donors (Lipinski definition) is 0. The Morgan fingerprint density at radius 1 is 0.188 bits per heavy atom. The fourth-order valence-electron chi connectivity index (χ4n) is 12.0. The quantitative estimate of drug-likeness (QED) is 0.111. The Labute approximate surface area is 376 Å².